The number of unbranched alkanes of at least 4 members (excludes halogenated alkanes) is 33. The van der Waals surface area contributed by atoms with Crippen LogP contribution in [0.25, 0.3) is 0 Å². The fourth-order valence-electron chi connectivity index (χ4n) is 10.6. The second-order valence-corrected chi connectivity index (χ2v) is 30.2. The highest BCUT2D eigenvalue weighted by Gasteiger charge is 2.30. The molecule has 0 amide bonds. The predicted octanol–water partition coefficient (Wildman–Crippen LogP) is 20.1. The second kappa shape index (κ2) is 60.7. The SMILES string of the molecule is CCC(C)CCCCCCCCC(=O)OC[C@H](COP(=O)(O)OC[C@H](O)COP(=O)(O)OC[C@@H](COC(=O)CCCCCCCCCCCCCCCCC(C)C)OC(=O)CCCCCCCCCCC(C)C)OC(=O)CCCCCCCCCCCC(C)C. The van der Waals surface area contributed by atoms with Crippen molar-refractivity contribution in [3.8, 4) is 0 Å². The minimum absolute atomic E-state index is 0.104. The zero-order chi connectivity index (χ0) is 66.8. The molecule has 0 radical (unpaired) electrons. The first-order chi connectivity index (χ1) is 43.1. The summed E-state index contributed by atoms with van der Waals surface area (Å²) in [7, 11) is -9.90. The van der Waals surface area contributed by atoms with E-state index in [-0.39, 0.29) is 25.7 Å². The molecule has 0 aliphatic heterocycles. The Labute approximate surface area is 549 Å². The van der Waals surface area contributed by atoms with E-state index in [1.54, 1.807) is 0 Å². The Morgan fingerprint density at radius 2 is 0.533 bits per heavy atom. The van der Waals surface area contributed by atoms with Crippen LogP contribution in [0.5, 0.6) is 0 Å². The van der Waals surface area contributed by atoms with E-state index < -0.39 is 97.5 Å². The Morgan fingerprint density at radius 1 is 0.311 bits per heavy atom. The Bertz CT molecular complexity index is 1780. The number of carbonyl (C=O) groups excluding carboxylic acids is 4. The predicted molar refractivity (Wildman–Crippen MR) is 363 cm³/mol. The topological polar surface area (TPSA) is 237 Å². The van der Waals surface area contributed by atoms with Gasteiger partial charge in [-0.15, -0.1) is 0 Å². The maximum absolute atomic E-state index is 13.0. The maximum Gasteiger partial charge on any atom is 0.472 e. The summed E-state index contributed by atoms with van der Waals surface area (Å²) in [5.74, 6) is 0.854. The molecular weight excluding hydrogens is 1190 g/mol. The lowest BCUT2D eigenvalue weighted by atomic mass is 10.00. The first-order valence-electron chi connectivity index (χ1n) is 36.7. The molecule has 534 valence electrons. The summed E-state index contributed by atoms with van der Waals surface area (Å²) in [4.78, 5) is 72.6. The smallest absolute Gasteiger partial charge is 0.462 e. The highest BCUT2D eigenvalue weighted by atomic mass is 31.2. The number of hydrogen-bond acceptors (Lipinski definition) is 15. The minimum atomic E-state index is -4.95. The lowest BCUT2D eigenvalue weighted by molar-refractivity contribution is -0.161. The molecule has 3 N–H and O–H groups in total. The molecule has 17 nitrogen and oxygen atoms in total. The van der Waals surface area contributed by atoms with Crippen molar-refractivity contribution >= 4 is 39.5 Å². The third-order valence-electron chi connectivity index (χ3n) is 16.7. The van der Waals surface area contributed by atoms with Crippen molar-refractivity contribution in [2.75, 3.05) is 39.6 Å². The van der Waals surface area contributed by atoms with Crippen LogP contribution in [0.15, 0.2) is 0 Å². The van der Waals surface area contributed by atoms with E-state index in [1.807, 2.05) is 0 Å². The maximum atomic E-state index is 13.0. The summed E-state index contributed by atoms with van der Waals surface area (Å²) >= 11 is 0. The summed E-state index contributed by atoms with van der Waals surface area (Å²) in [5, 5.41) is 10.6. The highest BCUT2D eigenvalue weighted by Crippen LogP contribution is 2.45. The second-order valence-electron chi connectivity index (χ2n) is 27.3. The van der Waals surface area contributed by atoms with Gasteiger partial charge in [0.1, 0.15) is 19.3 Å². The van der Waals surface area contributed by atoms with E-state index in [1.165, 1.54) is 148 Å². The number of phosphoric ester groups is 2. The average Bonchev–Trinajstić information content (AvgIpc) is 3.58. The van der Waals surface area contributed by atoms with Gasteiger partial charge in [0.25, 0.3) is 0 Å². The normalized spacial score (nSPS) is 14.6. The fraction of sp³-hybridized carbons (Fsp3) is 0.944. The van der Waals surface area contributed by atoms with Crippen LogP contribution >= 0.6 is 15.6 Å². The number of rotatable bonds is 68. The van der Waals surface area contributed by atoms with Crippen molar-refractivity contribution in [1.82, 2.24) is 0 Å². The summed E-state index contributed by atoms with van der Waals surface area (Å²) < 4.78 is 68.3. The first kappa shape index (κ1) is 88.1. The standard InChI is InChI=1S/C71H138O17P2/c1-9-64(8)50-42-34-29-30-36-44-52-69(74)82-58-67(87-70(75)53-45-37-27-20-16-18-24-32-40-48-62(4)5)60-86-90(79,80)84-56-65(72)55-83-89(77,78)85-59-66(88-71(76)54-46-38-28-22-21-25-33-41-49-63(6)7)57-81-68(73)51-43-35-26-19-15-13-11-10-12-14-17-23-31-39-47-61(2)3/h61-67,72H,9-60H2,1-8H3,(H,77,78)(H,79,80)/t64?,65-,66-,67-/m1/s1. The number of carbonyl (C=O) groups is 4. The Balaban J connectivity index is 5.22. The van der Waals surface area contributed by atoms with Gasteiger partial charge in [0.15, 0.2) is 12.2 Å². The van der Waals surface area contributed by atoms with Crippen LogP contribution in [0.1, 0.15) is 351 Å². The monoisotopic (exact) mass is 1320 g/mol. The van der Waals surface area contributed by atoms with Crippen LogP contribution in [0, 0.1) is 23.7 Å². The van der Waals surface area contributed by atoms with E-state index in [9.17, 15) is 43.2 Å². The van der Waals surface area contributed by atoms with Gasteiger partial charge in [-0.1, -0.05) is 299 Å². The Morgan fingerprint density at radius 3 is 0.789 bits per heavy atom. The van der Waals surface area contributed by atoms with Gasteiger partial charge in [0.05, 0.1) is 26.4 Å². The molecule has 0 saturated carbocycles. The number of hydrogen-bond donors (Lipinski definition) is 3. The van der Waals surface area contributed by atoms with E-state index >= 15 is 0 Å². The Hall–Kier alpha value is -1.94. The zero-order valence-corrected chi connectivity index (χ0v) is 60.6. The number of ether oxygens (including phenoxy) is 4. The van der Waals surface area contributed by atoms with Crippen molar-refractivity contribution in [2.45, 2.75) is 369 Å². The van der Waals surface area contributed by atoms with Gasteiger partial charge in [0, 0.05) is 25.7 Å². The Kier molecular flexibility index (Phi) is 59.4. The van der Waals surface area contributed by atoms with Gasteiger partial charge >= 0.3 is 39.5 Å². The number of esters is 4. The molecule has 0 aromatic heterocycles. The summed E-state index contributed by atoms with van der Waals surface area (Å²) in [6.07, 6.45) is 43.2. The van der Waals surface area contributed by atoms with Crippen LogP contribution in [-0.2, 0) is 65.4 Å². The van der Waals surface area contributed by atoms with Crippen LogP contribution in [0.2, 0.25) is 0 Å². The van der Waals surface area contributed by atoms with Crippen LogP contribution < -0.4 is 0 Å². The van der Waals surface area contributed by atoms with Crippen LogP contribution in [0.3, 0.4) is 0 Å². The third-order valence-corrected chi connectivity index (χ3v) is 18.6. The van der Waals surface area contributed by atoms with E-state index in [0.717, 1.165) is 120 Å². The summed E-state index contributed by atoms with van der Waals surface area (Å²) in [5.41, 5.74) is 0. The van der Waals surface area contributed by atoms with Gasteiger partial charge in [-0.25, -0.2) is 9.13 Å². The summed E-state index contributed by atoms with van der Waals surface area (Å²) in [6, 6.07) is 0. The molecule has 0 aromatic carbocycles. The lowest BCUT2D eigenvalue weighted by Gasteiger charge is -2.21. The van der Waals surface area contributed by atoms with Crippen molar-refractivity contribution < 1.29 is 80.2 Å². The lowest BCUT2D eigenvalue weighted by Crippen LogP contribution is -2.30. The van der Waals surface area contributed by atoms with Gasteiger partial charge in [-0.05, 0) is 49.4 Å². The molecule has 0 fully saturated rings. The van der Waals surface area contributed by atoms with Crippen molar-refractivity contribution in [3.63, 3.8) is 0 Å². The molecule has 6 atom stereocenters. The number of aliphatic hydroxyl groups is 1. The highest BCUT2D eigenvalue weighted by molar-refractivity contribution is 7.47. The molecule has 90 heavy (non-hydrogen) atoms. The molecule has 0 heterocycles. The van der Waals surface area contributed by atoms with Gasteiger partial charge in [0.2, 0.25) is 0 Å². The molecule has 0 aliphatic carbocycles. The van der Waals surface area contributed by atoms with E-state index in [4.69, 9.17) is 37.0 Å². The molecule has 0 aliphatic rings. The van der Waals surface area contributed by atoms with Crippen molar-refractivity contribution in [3.05, 3.63) is 0 Å². The van der Waals surface area contributed by atoms with Crippen LogP contribution in [0.4, 0.5) is 0 Å². The van der Waals surface area contributed by atoms with Gasteiger partial charge < -0.3 is 33.8 Å². The zero-order valence-electron chi connectivity index (χ0n) is 58.8. The summed E-state index contributed by atoms with van der Waals surface area (Å²) in [6.45, 7) is 14.1. The van der Waals surface area contributed by atoms with Crippen molar-refractivity contribution in [1.29, 1.82) is 0 Å². The third kappa shape index (κ3) is 63.5. The molecule has 0 spiro atoms. The minimum Gasteiger partial charge on any atom is -0.462 e. The molecule has 3 unspecified atom stereocenters. The molecular formula is C71H138O17P2. The van der Waals surface area contributed by atoms with Gasteiger partial charge in [-0.2, -0.15) is 0 Å². The van der Waals surface area contributed by atoms with E-state index in [0.29, 0.717) is 25.7 Å². The van der Waals surface area contributed by atoms with Crippen LogP contribution in [-0.4, -0.2) is 96.7 Å². The first-order valence-corrected chi connectivity index (χ1v) is 39.7. The van der Waals surface area contributed by atoms with E-state index in [2.05, 4.69) is 55.4 Å². The molecule has 0 saturated heterocycles. The number of phosphoric acid groups is 2. The molecule has 19 heteroatoms. The average molecular weight is 1330 g/mol. The quantitative estimate of drug-likeness (QED) is 0.0222. The van der Waals surface area contributed by atoms with Crippen molar-refractivity contribution in [2.24, 2.45) is 23.7 Å². The fourth-order valence-corrected chi connectivity index (χ4v) is 12.2. The number of aliphatic hydroxyl groups excluding tert-OH is 1. The van der Waals surface area contributed by atoms with Gasteiger partial charge in [-0.3, -0.25) is 37.3 Å². The molecule has 0 aromatic rings. The molecule has 0 bridgehead atoms. The molecule has 0 rings (SSSR count). The largest absolute Gasteiger partial charge is 0.472 e.